The van der Waals surface area contributed by atoms with Gasteiger partial charge < -0.3 is 10.5 Å². The number of esters is 1. The van der Waals surface area contributed by atoms with Crippen molar-refractivity contribution in [2.75, 3.05) is 7.05 Å². The van der Waals surface area contributed by atoms with E-state index in [9.17, 15) is 22.8 Å². The van der Waals surface area contributed by atoms with Crippen molar-refractivity contribution in [3.05, 3.63) is 90.0 Å². The average molecular weight is 453 g/mol. The Labute approximate surface area is 187 Å². The summed E-state index contributed by atoms with van der Waals surface area (Å²) in [4.78, 5) is 30.3. The number of carbonyl (C=O) groups excluding carboxylic acids is 2. The van der Waals surface area contributed by atoms with Gasteiger partial charge in [0.1, 0.15) is 5.75 Å². The Morgan fingerprint density at radius 1 is 0.939 bits per heavy atom. The predicted octanol–water partition coefficient (Wildman–Crippen LogP) is 3.85. The number of aliphatic imine (C=N–C) groups is 1. The summed E-state index contributed by atoms with van der Waals surface area (Å²) >= 11 is 0. The number of alkyl halides is 3. The number of halogens is 3. The highest BCUT2D eigenvalue weighted by atomic mass is 19.4. The van der Waals surface area contributed by atoms with E-state index in [-0.39, 0.29) is 17.6 Å². The maximum atomic E-state index is 13.3. The van der Waals surface area contributed by atoms with E-state index in [4.69, 9.17) is 5.73 Å². The second-order valence-corrected chi connectivity index (χ2v) is 7.41. The maximum absolute atomic E-state index is 13.3. The zero-order valence-electron chi connectivity index (χ0n) is 17.3. The van der Waals surface area contributed by atoms with E-state index in [2.05, 4.69) is 9.73 Å². The molecule has 0 bridgehead atoms. The van der Waals surface area contributed by atoms with Crippen LogP contribution < -0.4 is 10.5 Å². The number of ether oxygens (including phenoxy) is 1. The number of hydrogen-bond donors (Lipinski definition) is 1. The normalized spacial score (nSPS) is 18.2. The summed E-state index contributed by atoms with van der Waals surface area (Å²) in [5, 5.41) is 0. The monoisotopic (exact) mass is 453 g/mol. The molecule has 1 heterocycles. The molecule has 0 saturated carbocycles. The molecule has 2 N–H and O–H groups in total. The first-order valence-corrected chi connectivity index (χ1v) is 9.82. The summed E-state index contributed by atoms with van der Waals surface area (Å²) in [7, 11) is 1.54. The predicted molar refractivity (Wildman–Crippen MR) is 115 cm³/mol. The summed E-state index contributed by atoms with van der Waals surface area (Å²) < 4.78 is 42.1. The van der Waals surface area contributed by atoms with Gasteiger partial charge in [-0.25, -0.2) is 9.79 Å². The first-order chi connectivity index (χ1) is 15.6. The molecule has 1 unspecified atom stereocenters. The number of benzene rings is 3. The third-order valence-corrected chi connectivity index (χ3v) is 5.32. The first-order valence-electron chi connectivity index (χ1n) is 9.82. The standard InChI is InChI=1S/C24H18F3N3O3/c1-30-20(31)23(29-22(30)28,17-9-3-2-4-10-17)18-11-5-7-15(13-18)16-8-6-12-19(14-16)33-21(32)24(25,26)27/h2-14H,1H3,(H2,28,29). The van der Waals surface area contributed by atoms with E-state index >= 15 is 0 Å². The molecule has 3 aromatic carbocycles. The molecule has 6 nitrogen and oxygen atoms in total. The van der Waals surface area contributed by atoms with Crippen LogP contribution in [0.3, 0.4) is 0 Å². The molecule has 1 amide bonds. The number of amides is 1. The average Bonchev–Trinajstić information content (AvgIpc) is 3.04. The van der Waals surface area contributed by atoms with Gasteiger partial charge in [0.05, 0.1) is 0 Å². The van der Waals surface area contributed by atoms with Crippen molar-refractivity contribution in [3.63, 3.8) is 0 Å². The molecule has 0 aliphatic carbocycles. The first kappa shape index (κ1) is 22.1. The van der Waals surface area contributed by atoms with E-state index in [0.29, 0.717) is 22.3 Å². The third kappa shape index (κ3) is 3.93. The van der Waals surface area contributed by atoms with Gasteiger partial charge in [-0.15, -0.1) is 0 Å². The highest BCUT2D eigenvalue weighted by Crippen LogP contribution is 2.40. The molecule has 3 aromatic rings. The Hall–Kier alpha value is -4.14. The molecule has 4 rings (SSSR count). The molecule has 1 atom stereocenters. The topological polar surface area (TPSA) is 85.0 Å². The molecular weight excluding hydrogens is 435 g/mol. The van der Waals surface area contributed by atoms with Crippen LogP contribution in [0.2, 0.25) is 0 Å². The van der Waals surface area contributed by atoms with E-state index < -0.39 is 17.7 Å². The van der Waals surface area contributed by atoms with Crippen LogP contribution in [-0.4, -0.2) is 36.0 Å². The fourth-order valence-electron chi connectivity index (χ4n) is 3.69. The molecular formula is C24H18F3N3O3. The largest absolute Gasteiger partial charge is 0.491 e. The Kier molecular flexibility index (Phi) is 5.41. The highest BCUT2D eigenvalue weighted by molar-refractivity contribution is 6.09. The molecule has 0 fully saturated rings. The van der Waals surface area contributed by atoms with Gasteiger partial charge in [0, 0.05) is 7.05 Å². The van der Waals surface area contributed by atoms with Gasteiger partial charge in [0.25, 0.3) is 5.91 Å². The van der Waals surface area contributed by atoms with Gasteiger partial charge in [-0.05, 0) is 40.5 Å². The van der Waals surface area contributed by atoms with Gasteiger partial charge in [0.2, 0.25) is 0 Å². The summed E-state index contributed by atoms with van der Waals surface area (Å²) in [6.45, 7) is 0. The van der Waals surface area contributed by atoms with Gasteiger partial charge in [-0.1, -0.05) is 60.7 Å². The van der Waals surface area contributed by atoms with E-state index in [0.717, 1.165) is 0 Å². The summed E-state index contributed by atoms with van der Waals surface area (Å²) in [6, 6.07) is 21.5. The molecule has 1 aliphatic heterocycles. The molecule has 0 radical (unpaired) electrons. The van der Waals surface area contributed by atoms with Crippen molar-refractivity contribution in [1.29, 1.82) is 0 Å². The minimum absolute atomic E-state index is 0.0651. The summed E-state index contributed by atoms with van der Waals surface area (Å²) in [5.74, 6) is -2.83. The number of rotatable bonds is 4. The lowest BCUT2D eigenvalue weighted by Gasteiger charge is -2.26. The van der Waals surface area contributed by atoms with E-state index in [1.807, 2.05) is 6.07 Å². The van der Waals surface area contributed by atoms with Crippen molar-refractivity contribution < 1.29 is 27.5 Å². The maximum Gasteiger partial charge on any atom is 0.491 e. The minimum atomic E-state index is -5.11. The Morgan fingerprint density at radius 3 is 2.15 bits per heavy atom. The molecule has 0 spiro atoms. The fourth-order valence-corrected chi connectivity index (χ4v) is 3.69. The van der Waals surface area contributed by atoms with Crippen molar-refractivity contribution >= 4 is 17.8 Å². The van der Waals surface area contributed by atoms with Crippen LogP contribution >= 0.6 is 0 Å². The number of likely N-dealkylation sites (N-methyl/N-ethyl adjacent to an activating group) is 1. The Balaban J connectivity index is 1.79. The number of nitrogens with zero attached hydrogens (tertiary/aromatic N) is 2. The third-order valence-electron chi connectivity index (χ3n) is 5.32. The Morgan fingerprint density at radius 2 is 1.55 bits per heavy atom. The molecule has 33 heavy (non-hydrogen) atoms. The number of carbonyl (C=O) groups is 2. The van der Waals surface area contributed by atoms with Crippen LogP contribution in [0, 0.1) is 0 Å². The summed E-state index contributed by atoms with van der Waals surface area (Å²) in [6.07, 6.45) is -5.11. The minimum Gasteiger partial charge on any atom is -0.420 e. The van der Waals surface area contributed by atoms with Crippen LogP contribution in [-0.2, 0) is 15.1 Å². The Bertz CT molecular complexity index is 1260. The fraction of sp³-hybridized carbons (Fsp3) is 0.125. The smallest absolute Gasteiger partial charge is 0.420 e. The quantitative estimate of drug-likeness (QED) is 0.480. The van der Waals surface area contributed by atoms with Crippen molar-refractivity contribution in [2.24, 2.45) is 10.7 Å². The van der Waals surface area contributed by atoms with Crippen LogP contribution in [0.15, 0.2) is 83.9 Å². The zero-order chi connectivity index (χ0) is 23.8. The molecule has 1 aliphatic rings. The lowest BCUT2D eigenvalue weighted by Crippen LogP contribution is -2.41. The van der Waals surface area contributed by atoms with Gasteiger partial charge in [0.15, 0.2) is 11.5 Å². The van der Waals surface area contributed by atoms with Gasteiger partial charge in [-0.3, -0.25) is 9.69 Å². The van der Waals surface area contributed by atoms with E-state index in [1.165, 1.54) is 30.1 Å². The van der Waals surface area contributed by atoms with Gasteiger partial charge >= 0.3 is 12.1 Å². The SMILES string of the molecule is CN1C(=O)C(c2ccccc2)(c2cccc(-c3cccc(OC(=O)C(F)(F)F)c3)c2)N=C1N. The number of hydrogen-bond acceptors (Lipinski definition) is 5. The number of guanidine groups is 1. The molecule has 0 aromatic heterocycles. The van der Waals surface area contributed by atoms with Crippen LogP contribution in [0.5, 0.6) is 5.75 Å². The highest BCUT2D eigenvalue weighted by Gasteiger charge is 2.49. The number of nitrogens with two attached hydrogens (primary N) is 1. The van der Waals surface area contributed by atoms with Crippen molar-refractivity contribution in [1.82, 2.24) is 4.90 Å². The summed E-state index contributed by atoms with van der Waals surface area (Å²) in [5.41, 5.74) is 6.80. The second kappa shape index (κ2) is 8.09. The van der Waals surface area contributed by atoms with Crippen LogP contribution in [0.4, 0.5) is 13.2 Å². The van der Waals surface area contributed by atoms with Gasteiger partial charge in [-0.2, -0.15) is 13.2 Å². The molecule has 9 heteroatoms. The lowest BCUT2D eigenvalue weighted by molar-refractivity contribution is -0.189. The molecule has 168 valence electrons. The molecule has 0 saturated heterocycles. The second-order valence-electron chi connectivity index (χ2n) is 7.41. The van der Waals surface area contributed by atoms with Crippen LogP contribution in [0.1, 0.15) is 11.1 Å². The van der Waals surface area contributed by atoms with E-state index in [1.54, 1.807) is 54.6 Å². The van der Waals surface area contributed by atoms with Crippen LogP contribution in [0.25, 0.3) is 11.1 Å². The van der Waals surface area contributed by atoms with Crippen molar-refractivity contribution in [3.8, 4) is 16.9 Å². The van der Waals surface area contributed by atoms with Crippen molar-refractivity contribution in [2.45, 2.75) is 11.7 Å². The zero-order valence-corrected chi connectivity index (χ0v) is 17.3. The lowest BCUT2D eigenvalue weighted by atomic mass is 9.82.